The fraction of sp³-hybridized carbons (Fsp3) is 0.875. The van der Waals surface area contributed by atoms with Gasteiger partial charge >= 0.3 is 0 Å². The van der Waals surface area contributed by atoms with Crippen LogP contribution >= 0.6 is 0 Å². The van der Waals surface area contributed by atoms with Crippen molar-refractivity contribution in [3.63, 3.8) is 0 Å². The van der Waals surface area contributed by atoms with E-state index in [1.54, 1.807) is 0 Å². The van der Waals surface area contributed by atoms with Crippen LogP contribution in [0, 0.1) is 12.8 Å². The zero-order chi connectivity index (χ0) is 6.41. The fourth-order valence-corrected chi connectivity index (χ4v) is 0.729. The monoisotopic (exact) mass is 172 g/mol. The van der Waals surface area contributed by atoms with E-state index in [0.29, 0.717) is 0 Å². The van der Waals surface area contributed by atoms with Crippen molar-refractivity contribution in [3.8, 4) is 0 Å². The molecule has 59 valence electrons. The standard InChI is InChI=1S/C8H17.Co/c1-4-5-6-7-8(2)3;/h8H,1,4-7H2,2-3H3;/q-1;. The molecular formula is C8H17Co-. The zero-order valence-corrected chi connectivity index (χ0v) is 7.49. The Morgan fingerprint density at radius 2 is 1.78 bits per heavy atom. The first-order valence-electron chi connectivity index (χ1n) is 3.56. The van der Waals surface area contributed by atoms with Gasteiger partial charge in [-0.25, -0.2) is 0 Å². The topological polar surface area (TPSA) is 0 Å². The Morgan fingerprint density at radius 1 is 1.22 bits per heavy atom. The summed E-state index contributed by atoms with van der Waals surface area (Å²) in [6, 6.07) is 0. The molecule has 0 unspecified atom stereocenters. The molecule has 0 aromatic rings. The van der Waals surface area contributed by atoms with Crippen molar-refractivity contribution in [1.29, 1.82) is 0 Å². The summed E-state index contributed by atoms with van der Waals surface area (Å²) >= 11 is 0. The molecule has 0 aliphatic heterocycles. The van der Waals surface area contributed by atoms with Crippen LogP contribution in [-0.4, -0.2) is 0 Å². The van der Waals surface area contributed by atoms with Crippen LogP contribution in [0.1, 0.15) is 39.5 Å². The molecule has 9 heavy (non-hydrogen) atoms. The van der Waals surface area contributed by atoms with E-state index in [4.69, 9.17) is 0 Å². The zero-order valence-electron chi connectivity index (χ0n) is 6.45. The van der Waals surface area contributed by atoms with E-state index in [1.165, 1.54) is 19.3 Å². The van der Waals surface area contributed by atoms with Crippen LogP contribution in [0.3, 0.4) is 0 Å². The van der Waals surface area contributed by atoms with Crippen molar-refractivity contribution in [1.82, 2.24) is 0 Å². The van der Waals surface area contributed by atoms with Gasteiger partial charge in [0.1, 0.15) is 0 Å². The van der Waals surface area contributed by atoms with Gasteiger partial charge in [0.2, 0.25) is 0 Å². The Kier molecular flexibility index (Phi) is 11.5. The van der Waals surface area contributed by atoms with E-state index in [-0.39, 0.29) is 16.8 Å². The largest absolute Gasteiger partial charge is 0.343 e. The number of unbranched alkanes of at least 4 members (excludes halogenated alkanes) is 2. The SMILES string of the molecule is [CH2-]CCCCC(C)C.[Co]. The van der Waals surface area contributed by atoms with Crippen molar-refractivity contribution < 1.29 is 16.8 Å². The maximum Gasteiger partial charge on any atom is 0 e. The minimum atomic E-state index is 0. The maximum absolute atomic E-state index is 3.78. The Bertz CT molecular complexity index is 41.8. The third-order valence-electron chi connectivity index (χ3n) is 1.28. The molecule has 0 saturated heterocycles. The van der Waals surface area contributed by atoms with Crippen LogP contribution in [0.5, 0.6) is 0 Å². The quantitative estimate of drug-likeness (QED) is 0.451. The molecular weight excluding hydrogens is 155 g/mol. The molecule has 0 rings (SSSR count). The van der Waals surface area contributed by atoms with E-state index in [9.17, 15) is 0 Å². The van der Waals surface area contributed by atoms with Crippen molar-refractivity contribution in [2.24, 2.45) is 5.92 Å². The molecule has 0 bridgehead atoms. The molecule has 0 heterocycles. The molecule has 0 aliphatic rings. The molecule has 0 spiro atoms. The summed E-state index contributed by atoms with van der Waals surface area (Å²) in [6.45, 7) is 8.32. The van der Waals surface area contributed by atoms with Crippen molar-refractivity contribution in [3.05, 3.63) is 6.92 Å². The second-order valence-corrected chi connectivity index (χ2v) is 2.74. The van der Waals surface area contributed by atoms with E-state index < -0.39 is 0 Å². The minimum absolute atomic E-state index is 0. The van der Waals surface area contributed by atoms with E-state index in [0.717, 1.165) is 12.3 Å². The summed E-state index contributed by atoms with van der Waals surface area (Å²) < 4.78 is 0. The van der Waals surface area contributed by atoms with Gasteiger partial charge in [-0.1, -0.05) is 33.1 Å². The fourth-order valence-electron chi connectivity index (χ4n) is 0.729. The summed E-state index contributed by atoms with van der Waals surface area (Å²) in [7, 11) is 0. The predicted octanol–water partition coefficient (Wildman–Crippen LogP) is 3.03. The molecule has 1 heteroatoms. The molecule has 0 fully saturated rings. The van der Waals surface area contributed by atoms with Crippen LogP contribution < -0.4 is 0 Å². The van der Waals surface area contributed by atoms with Gasteiger partial charge in [-0.2, -0.15) is 6.42 Å². The molecule has 0 saturated carbocycles. The second kappa shape index (κ2) is 8.51. The van der Waals surface area contributed by atoms with Gasteiger partial charge in [0.15, 0.2) is 0 Å². The Labute approximate surface area is 69.6 Å². The predicted molar refractivity (Wildman–Crippen MR) is 38.7 cm³/mol. The molecule has 0 aromatic carbocycles. The second-order valence-electron chi connectivity index (χ2n) is 2.74. The van der Waals surface area contributed by atoms with Crippen LogP contribution in [0.15, 0.2) is 0 Å². The van der Waals surface area contributed by atoms with Gasteiger partial charge in [-0.05, 0) is 5.92 Å². The molecule has 0 aromatic heterocycles. The third-order valence-corrected chi connectivity index (χ3v) is 1.28. The smallest absolute Gasteiger partial charge is 0 e. The van der Waals surface area contributed by atoms with Crippen LogP contribution in [0.4, 0.5) is 0 Å². The summed E-state index contributed by atoms with van der Waals surface area (Å²) in [5, 5.41) is 0. The number of rotatable bonds is 4. The van der Waals surface area contributed by atoms with Crippen molar-refractivity contribution in [2.75, 3.05) is 0 Å². The minimum Gasteiger partial charge on any atom is -0.343 e. The first-order valence-corrected chi connectivity index (χ1v) is 3.56. The summed E-state index contributed by atoms with van der Waals surface area (Å²) in [5.41, 5.74) is 0. The molecule has 1 radical (unpaired) electrons. The first-order chi connectivity index (χ1) is 3.77. The Hall–Kier alpha value is 0.506. The van der Waals surface area contributed by atoms with E-state index in [1.807, 2.05) is 0 Å². The normalized spacial score (nSPS) is 9.33. The van der Waals surface area contributed by atoms with Gasteiger partial charge in [0, 0.05) is 16.8 Å². The van der Waals surface area contributed by atoms with Gasteiger partial charge < -0.3 is 6.92 Å². The molecule has 0 atom stereocenters. The number of hydrogen-bond acceptors (Lipinski definition) is 0. The Balaban J connectivity index is 0. The van der Waals surface area contributed by atoms with Gasteiger partial charge in [-0.15, -0.1) is 0 Å². The molecule has 0 aliphatic carbocycles. The van der Waals surface area contributed by atoms with Crippen LogP contribution in [0.2, 0.25) is 0 Å². The average molecular weight is 172 g/mol. The Morgan fingerprint density at radius 3 is 2.11 bits per heavy atom. The summed E-state index contributed by atoms with van der Waals surface area (Å²) in [5.74, 6) is 0.876. The maximum atomic E-state index is 3.78. The summed E-state index contributed by atoms with van der Waals surface area (Å²) in [6.07, 6.45) is 5.14. The third kappa shape index (κ3) is 11.9. The molecule has 0 nitrogen and oxygen atoms in total. The van der Waals surface area contributed by atoms with Crippen LogP contribution in [-0.2, 0) is 16.8 Å². The number of hydrogen-bond donors (Lipinski definition) is 0. The van der Waals surface area contributed by atoms with Crippen molar-refractivity contribution >= 4 is 0 Å². The first kappa shape index (κ1) is 12.2. The van der Waals surface area contributed by atoms with E-state index in [2.05, 4.69) is 20.8 Å². The van der Waals surface area contributed by atoms with Gasteiger partial charge in [0.05, 0.1) is 0 Å². The molecule has 0 N–H and O–H groups in total. The average Bonchev–Trinajstić information content (AvgIpc) is 1.66. The van der Waals surface area contributed by atoms with Gasteiger partial charge in [0.25, 0.3) is 0 Å². The summed E-state index contributed by atoms with van der Waals surface area (Å²) in [4.78, 5) is 0. The molecule has 0 amide bonds. The van der Waals surface area contributed by atoms with Gasteiger partial charge in [-0.3, -0.25) is 0 Å². The van der Waals surface area contributed by atoms with Crippen molar-refractivity contribution in [2.45, 2.75) is 39.5 Å². The van der Waals surface area contributed by atoms with Crippen LogP contribution in [0.25, 0.3) is 0 Å². The van der Waals surface area contributed by atoms with E-state index >= 15 is 0 Å².